The summed E-state index contributed by atoms with van der Waals surface area (Å²) in [6.07, 6.45) is 4.05. The van der Waals surface area contributed by atoms with Crippen molar-refractivity contribution in [1.29, 1.82) is 0 Å². The molecule has 1 N–H and O–H groups in total. The van der Waals surface area contributed by atoms with Crippen LogP contribution in [0.15, 0.2) is 36.9 Å². The van der Waals surface area contributed by atoms with Gasteiger partial charge in [-0.25, -0.2) is 4.98 Å². The van der Waals surface area contributed by atoms with Gasteiger partial charge in [0, 0.05) is 6.54 Å². The summed E-state index contributed by atoms with van der Waals surface area (Å²) in [5.74, 6) is 1.13. The molecule has 0 spiro atoms. The third kappa shape index (κ3) is 2.79. The summed E-state index contributed by atoms with van der Waals surface area (Å²) in [6.45, 7) is 8.73. The minimum Gasteiger partial charge on any atom is -0.327 e. The van der Waals surface area contributed by atoms with Crippen LogP contribution in [0.4, 0.5) is 0 Å². The van der Waals surface area contributed by atoms with Crippen molar-refractivity contribution in [1.82, 2.24) is 14.9 Å². The molecule has 0 aliphatic heterocycles. The molecule has 0 unspecified atom stereocenters. The van der Waals surface area contributed by atoms with Crippen LogP contribution < -0.4 is 5.32 Å². The monoisotopic (exact) mass is 243 g/mol. The summed E-state index contributed by atoms with van der Waals surface area (Å²) in [4.78, 5) is 4.70. The summed E-state index contributed by atoms with van der Waals surface area (Å²) in [5.41, 5.74) is 2.33. The first-order valence-electron chi connectivity index (χ1n) is 6.62. The van der Waals surface area contributed by atoms with Crippen molar-refractivity contribution in [2.45, 2.75) is 32.9 Å². The van der Waals surface area contributed by atoms with Gasteiger partial charge in [-0.2, -0.15) is 0 Å². The summed E-state index contributed by atoms with van der Waals surface area (Å²) in [6, 6.07) is 8.34. The van der Waals surface area contributed by atoms with Crippen molar-refractivity contribution < 1.29 is 0 Å². The fourth-order valence-electron chi connectivity index (χ4n) is 2.14. The Morgan fingerprint density at radius 3 is 3.00 bits per heavy atom. The lowest BCUT2D eigenvalue weighted by molar-refractivity contribution is 0.601. The Labute approximate surface area is 109 Å². The fraction of sp³-hybridized carbons (Fsp3) is 0.400. The van der Waals surface area contributed by atoms with Crippen LogP contribution in [-0.2, 0) is 13.1 Å². The second-order valence-electron chi connectivity index (χ2n) is 4.42. The smallest absolute Gasteiger partial charge is 0.123 e. The van der Waals surface area contributed by atoms with Crippen LogP contribution in [0.1, 0.15) is 25.6 Å². The van der Waals surface area contributed by atoms with Crippen molar-refractivity contribution in [2.75, 3.05) is 6.54 Å². The highest BCUT2D eigenvalue weighted by molar-refractivity contribution is 5.75. The third-order valence-electron chi connectivity index (χ3n) is 2.99. The van der Waals surface area contributed by atoms with E-state index in [4.69, 9.17) is 4.98 Å². The minimum absolute atomic E-state index is 0.822. The highest BCUT2D eigenvalue weighted by Gasteiger charge is 2.08. The molecule has 0 saturated carbocycles. The largest absolute Gasteiger partial charge is 0.327 e. The number of benzene rings is 1. The zero-order valence-corrected chi connectivity index (χ0v) is 11.0. The number of aryl methyl sites for hydroxylation is 1. The van der Waals surface area contributed by atoms with Crippen molar-refractivity contribution in [3.05, 3.63) is 42.7 Å². The van der Waals surface area contributed by atoms with Crippen LogP contribution in [0.3, 0.4) is 0 Å². The van der Waals surface area contributed by atoms with Gasteiger partial charge in [-0.3, -0.25) is 0 Å². The number of imidazole rings is 1. The summed E-state index contributed by atoms with van der Waals surface area (Å²) in [7, 11) is 0. The van der Waals surface area contributed by atoms with Crippen molar-refractivity contribution in [3.8, 4) is 0 Å². The molecule has 2 rings (SSSR count). The van der Waals surface area contributed by atoms with E-state index in [9.17, 15) is 0 Å². The first-order chi connectivity index (χ1) is 8.86. The molecule has 0 saturated heterocycles. The van der Waals surface area contributed by atoms with E-state index in [2.05, 4.69) is 41.6 Å². The Morgan fingerprint density at radius 2 is 2.22 bits per heavy atom. The predicted molar refractivity (Wildman–Crippen MR) is 76.5 cm³/mol. The third-order valence-corrected chi connectivity index (χ3v) is 2.99. The van der Waals surface area contributed by atoms with E-state index >= 15 is 0 Å². The summed E-state index contributed by atoms with van der Waals surface area (Å²) >= 11 is 0. The van der Waals surface area contributed by atoms with Crippen molar-refractivity contribution >= 4 is 11.0 Å². The van der Waals surface area contributed by atoms with Gasteiger partial charge in [0.25, 0.3) is 0 Å². The van der Waals surface area contributed by atoms with Gasteiger partial charge < -0.3 is 9.88 Å². The van der Waals surface area contributed by atoms with Crippen molar-refractivity contribution in [3.63, 3.8) is 0 Å². The zero-order chi connectivity index (χ0) is 12.8. The number of hydrogen-bond acceptors (Lipinski definition) is 2. The van der Waals surface area contributed by atoms with Gasteiger partial charge in [-0.05, 0) is 31.5 Å². The van der Waals surface area contributed by atoms with Gasteiger partial charge >= 0.3 is 0 Å². The van der Waals surface area contributed by atoms with Gasteiger partial charge in [0.1, 0.15) is 5.82 Å². The maximum Gasteiger partial charge on any atom is 0.123 e. The number of fused-ring (bicyclic) bond motifs is 1. The average Bonchev–Trinajstić information content (AvgIpc) is 2.74. The van der Waals surface area contributed by atoms with Crippen LogP contribution >= 0.6 is 0 Å². The number of aromatic nitrogens is 2. The molecule has 1 aromatic carbocycles. The molecule has 0 aliphatic rings. The van der Waals surface area contributed by atoms with E-state index in [-0.39, 0.29) is 0 Å². The highest BCUT2D eigenvalue weighted by atomic mass is 15.1. The second-order valence-corrected chi connectivity index (χ2v) is 4.42. The maximum absolute atomic E-state index is 4.70. The topological polar surface area (TPSA) is 29.9 Å². The zero-order valence-electron chi connectivity index (χ0n) is 11.0. The summed E-state index contributed by atoms with van der Waals surface area (Å²) < 4.78 is 2.32. The number of rotatable bonds is 7. The summed E-state index contributed by atoms with van der Waals surface area (Å²) in [5, 5.41) is 3.41. The molecular weight excluding hydrogens is 222 g/mol. The Bertz CT molecular complexity index is 513. The Morgan fingerprint density at radius 1 is 1.39 bits per heavy atom. The molecule has 2 aromatic rings. The molecule has 0 radical (unpaired) electrons. The van der Waals surface area contributed by atoms with E-state index in [0.717, 1.165) is 43.8 Å². The number of nitrogens with one attached hydrogen (secondary N) is 1. The molecule has 18 heavy (non-hydrogen) atoms. The van der Waals surface area contributed by atoms with E-state index < -0.39 is 0 Å². The van der Waals surface area contributed by atoms with Gasteiger partial charge in [0.2, 0.25) is 0 Å². The minimum atomic E-state index is 0.822. The normalized spacial score (nSPS) is 10.9. The van der Waals surface area contributed by atoms with E-state index in [1.54, 1.807) is 0 Å². The lowest BCUT2D eigenvalue weighted by Crippen LogP contribution is -2.17. The molecule has 1 aromatic heterocycles. The molecule has 3 heteroatoms. The Balaban J connectivity index is 2.19. The highest BCUT2D eigenvalue weighted by Crippen LogP contribution is 2.16. The Hall–Kier alpha value is -1.61. The SMILES string of the molecule is C=CCCNCc1nc2ccccc2n1CCC. The Kier molecular flexibility index (Phi) is 4.53. The standard InChI is InChI=1S/C15H21N3/c1-3-5-10-16-12-15-17-13-8-6-7-9-14(13)18(15)11-4-2/h3,6-9,16H,1,4-5,10-12H2,2H3. The maximum atomic E-state index is 4.70. The van der Waals surface area contributed by atoms with Crippen LogP contribution in [0.25, 0.3) is 11.0 Å². The average molecular weight is 243 g/mol. The lowest BCUT2D eigenvalue weighted by Gasteiger charge is -2.08. The molecule has 3 nitrogen and oxygen atoms in total. The molecule has 1 heterocycles. The lowest BCUT2D eigenvalue weighted by atomic mass is 10.3. The van der Waals surface area contributed by atoms with E-state index in [0.29, 0.717) is 0 Å². The number of nitrogens with zero attached hydrogens (tertiary/aromatic N) is 2. The fourth-order valence-corrected chi connectivity index (χ4v) is 2.14. The van der Waals surface area contributed by atoms with Gasteiger partial charge in [-0.15, -0.1) is 6.58 Å². The van der Waals surface area contributed by atoms with Crippen molar-refractivity contribution in [2.24, 2.45) is 0 Å². The molecule has 96 valence electrons. The van der Waals surface area contributed by atoms with Gasteiger partial charge in [0.15, 0.2) is 0 Å². The van der Waals surface area contributed by atoms with Crippen LogP contribution in [0.2, 0.25) is 0 Å². The van der Waals surface area contributed by atoms with E-state index in [1.807, 2.05) is 12.1 Å². The number of hydrogen-bond donors (Lipinski definition) is 1. The van der Waals surface area contributed by atoms with Gasteiger partial charge in [-0.1, -0.05) is 25.1 Å². The molecule has 0 aliphatic carbocycles. The van der Waals surface area contributed by atoms with Gasteiger partial charge in [0.05, 0.1) is 17.6 Å². The molecule has 0 fully saturated rings. The number of para-hydroxylation sites is 2. The first kappa shape index (κ1) is 12.8. The molecular formula is C15H21N3. The first-order valence-corrected chi connectivity index (χ1v) is 6.62. The molecule has 0 bridgehead atoms. The second kappa shape index (κ2) is 6.36. The quantitative estimate of drug-likeness (QED) is 0.598. The van der Waals surface area contributed by atoms with Crippen LogP contribution in [-0.4, -0.2) is 16.1 Å². The van der Waals surface area contributed by atoms with E-state index in [1.165, 1.54) is 5.52 Å². The van der Waals surface area contributed by atoms with Crippen LogP contribution in [0, 0.1) is 0 Å². The molecule has 0 atom stereocenters. The van der Waals surface area contributed by atoms with Crippen LogP contribution in [0.5, 0.6) is 0 Å². The molecule has 0 amide bonds. The predicted octanol–water partition coefficient (Wildman–Crippen LogP) is 3.11.